The molecule has 3 atom stereocenters. The molecule has 1 N–H and O–H groups in total. The van der Waals surface area contributed by atoms with Gasteiger partial charge in [-0.2, -0.15) is 8.78 Å². The van der Waals surface area contributed by atoms with E-state index >= 15 is 0 Å². The Morgan fingerprint density at radius 3 is 2.25 bits per heavy atom. The lowest BCUT2D eigenvalue weighted by Gasteiger charge is -2.53. The van der Waals surface area contributed by atoms with Crippen LogP contribution in [-0.2, 0) is 28.7 Å². The molecule has 4 fully saturated rings. The number of Topliss-reactive ketones (excluding diaryl/α,β-unsaturated/α-hetero) is 1. The summed E-state index contributed by atoms with van der Waals surface area (Å²) in [4.78, 5) is 47.5. The number of carboxylic acids is 1. The summed E-state index contributed by atoms with van der Waals surface area (Å²) >= 11 is 0. The molecule has 0 heterocycles. The largest absolute Gasteiger partial charge is 0.477 e. The molecule has 0 aliphatic heterocycles. The fourth-order valence-corrected chi connectivity index (χ4v) is 5.20. The van der Waals surface area contributed by atoms with Gasteiger partial charge in [0.15, 0.2) is 12.7 Å². The zero-order valence-corrected chi connectivity index (χ0v) is 15.8. The molecule has 156 valence electrons. The van der Waals surface area contributed by atoms with Crippen molar-refractivity contribution in [3.8, 4) is 0 Å². The second-order valence-corrected chi connectivity index (χ2v) is 8.69. The predicted octanol–water partition coefficient (Wildman–Crippen LogP) is 2.21. The van der Waals surface area contributed by atoms with Crippen LogP contribution in [0.4, 0.5) is 8.78 Å². The van der Waals surface area contributed by atoms with Crippen LogP contribution in [0.15, 0.2) is 0 Å². The quantitative estimate of drug-likeness (QED) is 0.651. The molecule has 0 saturated heterocycles. The SMILES string of the molecule is CC(C)C(OC(=O)COC(=O)C12CC3CC(C1)C(=O)C(C3)C2)C(F)(F)C(=O)O. The van der Waals surface area contributed by atoms with Crippen LogP contribution >= 0.6 is 0 Å². The van der Waals surface area contributed by atoms with E-state index in [1.165, 1.54) is 13.8 Å². The van der Waals surface area contributed by atoms with Crippen molar-refractivity contribution in [2.75, 3.05) is 6.61 Å². The number of ketones is 1. The number of carbonyl (C=O) groups is 4. The Bertz CT molecular complexity index is 684. The van der Waals surface area contributed by atoms with E-state index in [2.05, 4.69) is 4.74 Å². The normalized spacial score (nSPS) is 32.3. The molecular weight excluding hydrogens is 378 g/mol. The molecule has 9 heteroatoms. The summed E-state index contributed by atoms with van der Waals surface area (Å²) in [5, 5.41) is 8.66. The van der Waals surface area contributed by atoms with Crippen molar-refractivity contribution in [3.05, 3.63) is 0 Å². The number of alkyl halides is 2. The summed E-state index contributed by atoms with van der Waals surface area (Å²) in [5.41, 5.74) is -0.798. The number of aliphatic carboxylic acids is 1. The molecule has 0 amide bonds. The Morgan fingerprint density at radius 1 is 1.18 bits per heavy atom. The number of halogens is 2. The summed E-state index contributed by atoms with van der Waals surface area (Å²) in [7, 11) is 0. The Kier molecular flexibility index (Phi) is 5.22. The Balaban J connectivity index is 1.59. The van der Waals surface area contributed by atoms with E-state index < -0.39 is 47.9 Å². The van der Waals surface area contributed by atoms with Gasteiger partial charge in [-0.1, -0.05) is 13.8 Å². The minimum Gasteiger partial charge on any atom is -0.477 e. The summed E-state index contributed by atoms with van der Waals surface area (Å²) < 4.78 is 37.2. The number of hydrogen-bond donors (Lipinski definition) is 1. The maximum atomic E-state index is 13.7. The monoisotopic (exact) mass is 402 g/mol. The van der Waals surface area contributed by atoms with Crippen molar-refractivity contribution in [3.63, 3.8) is 0 Å². The highest BCUT2D eigenvalue weighted by Crippen LogP contribution is 2.59. The number of hydrogen-bond acceptors (Lipinski definition) is 6. The smallest absolute Gasteiger partial charge is 0.378 e. The van der Waals surface area contributed by atoms with Crippen molar-refractivity contribution in [1.29, 1.82) is 0 Å². The topological polar surface area (TPSA) is 107 Å². The highest BCUT2D eigenvalue weighted by molar-refractivity contribution is 5.90. The number of ether oxygens (including phenoxy) is 2. The first-order valence-electron chi connectivity index (χ1n) is 9.48. The Hall–Kier alpha value is -2.06. The lowest BCUT2D eigenvalue weighted by molar-refractivity contribution is -0.203. The van der Waals surface area contributed by atoms with Gasteiger partial charge in [-0.3, -0.25) is 9.59 Å². The maximum absolute atomic E-state index is 13.7. The van der Waals surface area contributed by atoms with Crippen LogP contribution in [0.5, 0.6) is 0 Å². The molecule has 0 spiro atoms. The first-order chi connectivity index (χ1) is 13.0. The third kappa shape index (κ3) is 3.51. The molecule has 4 bridgehead atoms. The van der Waals surface area contributed by atoms with Crippen LogP contribution in [0.2, 0.25) is 0 Å². The van der Waals surface area contributed by atoms with Crippen LogP contribution < -0.4 is 0 Å². The molecule has 4 aliphatic rings. The van der Waals surface area contributed by atoms with Gasteiger partial charge in [-0.05, 0) is 43.9 Å². The highest BCUT2D eigenvalue weighted by Gasteiger charge is 2.59. The van der Waals surface area contributed by atoms with Crippen LogP contribution in [0, 0.1) is 29.1 Å². The molecular formula is C19H24F2O7. The summed E-state index contributed by atoms with van der Waals surface area (Å²) in [6, 6.07) is 0. The molecule has 0 aromatic rings. The van der Waals surface area contributed by atoms with Gasteiger partial charge in [0.05, 0.1) is 5.41 Å². The van der Waals surface area contributed by atoms with E-state index in [0.29, 0.717) is 19.3 Å². The second kappa shape index (κ2) is 7.08. The summed E-state index contributed by atoms with van der Waals surface area (Å²) in [6.45, 7) is 1.73. The first-order valence-corrected chi connectivity index (χ1v) is 9.48. The maximum Gasteiger partial charge on any atom is 0.378 e. The zero-order chi connectivity index (χ0) is 20.9. The molecule has 0 radical (unpaired) electrons. The van der Waals surface area contributed by atoms with Gasteiger partial charge in [-0.15, -0.1) is 0 Å². The summed E-state index contributed by atoms with van der Waals surface area (Å²) in [6.07, 6.45) is 0.803. The van der Waals surface area contributed by atoms with Gasteiger partial charge < -0.3 is 14.6 Å². The molecule has 7 nitrogen and oxygen atoms in total. The molecule has 4 aliphatic carbocycles. The fourth-order valence-electron chi connectivity index (χ4n) is 5.20. The number of carboxylic acid groups (broad SMARTS) is 1. The van der Waals surface area contributed by atoms with Crippen LogP contribution in [0.1, 0.15) is 46.0 Å². The molecule has 4 rings (SSSR count). The highest BCUT2D eigenvalue weighted by atomic mass is 19.3. The van der Waals surface area contributed by atoms with Crippen LogP contribution in [0.25, 0.3) is 0 Å². The molecule has 0 aromatic heterocycles. The van der Waals surface area contributed by atoms with E-state index in [1.54, 1.807) is 0 Å². The number of carbonyl (C=O) groups excluding carboxylic acids is 3. The van der Waals surface area contributed by atoms with Crippen molar-refractivity contribution in [2.45, 2.75) is 58.0 Å². The minimum absolute atomic E-state index is 0.148. The van der Waals surface area contributed by atoms with Gasteiger partial charge in [0.1, 0.15) is 5.78 Å². The second-order valence-electron chi connectivity index (χ2n) is 8.69. The third-order valence-corrected chi connectivity index (χ3v) is 6.25. The molecule has 3 unspecified atom stereocenters. The van der Waals surface area contributed by atoms with Gasteiger partial charge in [0, 0.05) is 11.8 Å². The van der Waals surface area contributed by atoms with Crippen molar-refractivity contribution >= 4 is 23.7 Å². The molecule has 28 heavy (non-hydrogen) atoms. The average molecular weight is 402 g/mol. The van der Waals surface area contributed by atoms with Gasteiger partial charge >= 0.3 is 23.8 Å². The zero-order valence-electron chi connectivity index (χ0n) is 15.8. The van der Waals surface area contributed by atoms with Crippen LogP contribution in [0.3, 0.4) is 0 Å². The predicted molar refractivity (Wildman–Crippen MR) is 89.3 cm³/mol. The Labute approximate surface area is 160 Å². The van der Waals surface area contributed by atoms with Crippen LogP contribution in [-0.4, -0.2) is 47.4 Å². The minimum atomic E-state index is -4.26. The fraction of sp³-hybridized carbons (Fsp3) is 0.789. The molecule has 4 saturated carbocycles. The summed E-state index contributed by atoms with van der Waals surface area (Å²) in [5.74, 6) is -9.25. The van der Waals surface area contributed by atoms with E-state index in [9.17, 15) is 28.0 Å². The van der Waals surface area contributed by atoms with E-state index in [-0.39, 0.29) is 23.5 Å². The van der Waals surface area contributed by atoms with Gasteiger partial charge in [-0.25, -0.2) is 9.59 Å². The third-order valence-electron chi connectivity index (χ3n) is 6.25. The Morgan fingerprint density at radius 2 is 1.75 bits per heavy atom. The number of rotatable bonds is 7. The van der Waals surface area contributed by atoms with E-state index in [4.69, 9.17) is 9.84 Å². The van der Waals surface area contributed by atoms with Gasteiger partial charge in [0.2, 0.25) is 0 Å². The first kappa shape index (κ1) is 20.7. The standard InChI is InChI=1S/C19H24F2O7/c1-9(2)15(19(20,21)16(24)25)28-13(22)8-27-17(26)18-5-10-3-11(6-18)14(23)12(4-10)7-18/h9-12,15H,3-8H2,1-2H3,(H,24,25). The average Bonchev–Trinajstić information content (AvgIpc) is 2.60. The van der Waals surface area contributed by atoms with E-state index in [1.807, 2.05) is 0 Å². The number of esters is 2. The lowest BCUT2D eigenvalue weighted by Crippen LogP contribution is -2.55. The van der Waals surface area contributed by atoms with E-state index in [0.717, 1.165) is 12.8 Å². The van der Waals surface area contributed by atoms with Crippen molar-refractivity contribution < 1.29 is 42.5 Å². The van der Waals surface area contributed by atoms with Crippen molar-refractivity contribution in [2.24, 2.45) is 29.1 Å². The lowest BCUT2D eigenvalue weighted by atomic mass is 9.49. The molecule has 0 aromatic carbocycles. The van der Waals surface area contributed by atoms with Gasteiger partial charge in [0.25, 0.3) is 0 Å². The van der Waals surface area contributed by atoms with Crippen molar-refractivity contribution in [1.82, 2.24) is 0 Å².